The summed E-state index contributed by atoms with van der Waals surface area (Å²) in [6.07, 6.45) is -0.308. The molecule has 164 valence electrons. The van der Waals surface area contributed by atoms with Crippen LogP contribution in [-0.4, -0.2) is 70.1 Å². The van der Waals surface area contributed by atoms with Crippen molar-refractivity contribution in [2.24, 2.45) is 5.92 Å². The molecule has 30 heavy (non-hydrogen) atoms. The number of ketones is 1. The number of imide groups is 1. The van der Waals surface area contributed by atoms with E-state index in [9.17, 15) is 19.2 Å². The molecule has 1 aliphatic rings. The van der Waals surface area contributed by atoms with E-state index in [0.717, 1.165) is 14.9 Å². The highest BCUT2D eigenvalue weighted by molar-refractivity contribution is 9.10. The van der Waals surface area contributed by atoms with E-state index in [2.05, 4.69) is 26.6 Å². The van der Waals surface area contributed by atoms with Gasteiger partial charge in [0, 0.05) is 10.9 Å². The van der Waals surface area contributed by atoms with Gasteiger partial charge in [-0.3, -0.25) is 19.3 Å². The number of rotatable bonds is 10. The van der Waals surface area contributed by atoms with Gasteiger partial charge >= 0.3 is 6.03 Å². The van der Waals surface area contributed by atoms with Crippen LogP contribution < -0.4 is 10.6 Å². The lowest BCUT2D eigenvalue weighted by Crippen LogP contribution is -2.55. The minimum absolute atomic E-state index is 0.0637. The van der Waals surface area contributed by atoms with Gasteiger partial charge in [0.1, 0.15) is 5.54 Å². The summed E-state index contributed by atoms with van der Waals surface area (Å²) in [6.45, 7) is 2.05. The van der Waals surface area contributed by atoms with Crippen LogP contribution in [0.5, 0.6) is 0 Å². The summed E-state index contributed by atoms with van der Waals surface area (Å²) in [7, 11) is 0. The van der Waals surface area contributed by atoms with Gasteiger partial charge in [0.15, 0.2) is 5.78 Å². The number of nitrogens with zero attached hydrogens (tertiary/aromatic N) is 1. The Morgan fingerprint density at radius 2 is 1.77 bits per heavy atom. The van der Waals surface area contributed by atoms with Crippen molar-refractivity contribution in [1.82, 2.24) is 15.5 Å². The maximum absolute atomic E-state index is 13.1. The van der Waals surface area contributed by atoms with Crippen LogP contribution in [0.1, 0.15) is 25.8 Å². The normalized spacial score (nSPS) is 18.8. The van der Waals surface area contributed by atoms with Gasteiger partial charge in [-0.1, -0.05) is 41.9 Å². The summed E-state index contributed by atoms with van der Waals surface area (Å²) in [6, 6.07) is 5.55. The first-order valence-electron chi connectivity index (χ1n) is 9.54. The van der Waals surface area contributed by atoms with Gasteiger partial charge in [0.2, 0.25) is 5.91 Å². The molecule has 1 aliphatic heterocycles. The third kappa shape index (κ3) is 5.44. The fourth-order valence-electron chi connectivity index (χ4n) is 3.25. The van der Waals surface area contributed by atoms with E-state index < -0.39 is 55.1 Å². The topological polar surface area (TPSA) is 136 Å². The van der Waals surface area contributed by atoms with Crippen LogP contribution in [-0.2, 0) is 20.8 Å². The molecule has 1 aromatic rings. The molecule has 1 heterocycles. The van der Waals surface area contributed by atoms with Crippen molar-refractivity contribution in [3.05, 3.63) is 34.3 Å². The highest BCUT2D eigenvalue weighted by Crippen LogP contribution is 2.29. The first-order valence-corrected chi connectivity index (χ1v) is 10.3. The molecule has 2 rings (SSSR count). The molecular weight excluding hydrogens is 458 g/mol. The Balaban J connectivity index is 2.11. The van der Waals surface area contributed by atoms with E-state index in [0.29, 0.717) is 0 Å². The van der Waals surface area contributed by atoms with Crippen LogP contribution in [0.2, 0.25) is 0 Å². The van der Waals surface area contributed by atoms with Gasteiger partial charge in [-0.15, -0.1) is 0 Å². The summed E-state index contributed by atoms with van der Waals surface area (Å²) >= 11 is 3.32. The highest BCUT2D eigenvalue weighted by Gasteiger charge is 2.54. The average molecular weight is 484 g/mol. The van der Waals surface area contributed by atoms with Crippen molar-refractivity contribution in [3.63, 3.8) is 0 Å². The number of amides is 4. The highest BCUT2D eigenvalue weighted by atomic mass is 79.9. The van der Waals surface area contributed by atoms with E-state index in [1.165, 1.54) is 0 Å². The van der Waals surface area contributed by atoms with Crippen LogP contribution >= 0.6 is 15.9 Å². The fourth-order valence-corrected chi connectivity index (χ4v) is 3.51. The number of hydrogen-bond acceptors (Lipinski definition) is 6. The Morgan fingerprint density at radius 1 is 1.17 bits per heavy atom. The van der Waals surface area contributed by atoms with Crippen molar-refractivity contribution in [2.75, 3.05) is 19.8 Å². The van der Waals surface area contributed by atoms with Crippen LogP contribution in [0, 0.1) is 5.92 Å². The van der Waals surface area contributed by atoms with Gasteiger partial charge in [-0.2, -0.15) is 0 Å². The molecule has 0 aromatic heterocycles. The molecule has 10 heteroatoms. The molecule has 1 saturated heterocycles. The predicted octanol–water partition coefficient (Wildman–Crippen LogP) is 0.367. The fraction of sp³-hybridized carbons (Fsp3) is 0.500. The molecular formula is C20H26BrN3O6. The predicted molar refractivity (Wildman–Crippen MR) is 111 cm³/mol. The van der Waals surface area contributed by atoms with Gasteiger partial charge < -0.3 is 20.8 Å². The number of hydrogen-bond donors (Lipinski definition) is 4. The van der Waals surface area contributed by atoms with Crippen molar-refractivity contribution in [3.8, 4) is 0 Å². The molecule has 4 amide bonds. The zero-order valence-electron chi connectivity index (χ0n) is 16.9. The summed E-state index contributed by atoms with van der Waals surface area (Å²) in [5.41, 5.74) is -0.752. The van der Waals surface area contributed by atoms with Crippen molar-refractivity contribution in [1.29, 1.82) is 0 Å². The number of aliphatic hydroxyl groups is 2. The molecule has 4 N–H and O–H groups in total. The Labute approximate surface area is 182 Å². The van der Waals surface area contributed by atoms with E-state index in [-0.39, 0.29) is 18.6 Å². The summed E-state index contributed by atoms with van der Waals surface area (Å²) in [5.74, 6) is -2.00. The Morgan fingerprint density at radius 3 is 2.30 bits per heavy atom. The second kappa shape index (κ2) is 10.1. The number of carbonyl (C=O) groups is 4. The number of carbonyl (C=O) groups excluding carboxylic acids is 4. The second-order valence-electron chi connectivity index (χ2n) is 7.60. The zero-order chi connectivity index (χ0) is 22.5. The van der Waals surface area contributed by atoms with Gasteiger partial charge in [-0.05, 0) is 23.6 Å². The summed E-state index contributed by atoms with van der Waals surface area (Å²) < 4.78 is 0.873. The lowest BCUT2D eigenvalue weighted by atomic mass is 9.82. The third-order valence-electron chi connectivity index (χ3n) is 5.08. The number of halogens is 1. The summed E-state index contributed by atoms with van der Waals surface area (Å²) in [5, 5.41) is 23.2. The Bertz CT molecular complexity index is 809. The Kier molecular flexibility index (Phi) is 8.10. The smallest absolute Gasteiger partial charge is 0.325 e. The minimum atomic E-state index is -1.51. The number of urea groups is 1. The van der Waals surface area contributed by atoms with Gasteiger partial charge in [0.05, 0.1) is 32.2 Å². The largest absolute Gasteiger partial charge is 0.394 e. The van der Waals surface area contributed by atoms with Gasteiger partial charge in [0.25, 0.3) is 5.91 Å². The van der Waals surface area contributed by atoms with Crippen LogP contribution in [0.15, 0.2) is 28.7 Å². The lowest BCUT2D eigenvalue weighted by Gasteiger charge is -2.30. The summed E-state index contributed by atoms with van der Waals surface area (Å²) in [4.78, 5) is 51.2. The SMILES string of the molecule is CC(C)C1(CC(=O)NC(CO)CO)NC(=O)N(CC(=O)Cc2ccc(Br)cc2)C1=O. The Hall–Kier alpha value is -2.30. The van der Waals surface area contributed by atoms with Gasteiger partial charge in [-0.25, -0.2) is 4.79 Å². The van der Waals surface area contributed by atoms with E-state index in [4.69, 9.17) is 10.2 Å². The number of benzene rings is 1. The van der Waals surface area contributed by atoms with E-state index in [1.807, 2.05) is 0 Å². The molecule has 0 radical (unpaired) electrons. The third-order valence-corrected chi connectivity index (χ3v) is 5.61. The average Bonchev–Trinajstić information content (AvgIpc) is 2.93. The number of nitrogens with one attached hydrogen (secondary N) is 2. The van der Waals surface area contributed by atoms with Crippen LogP contribution in [0.25, 0.3) is 0 Å². The molecule has 1 unspecified atom stereocenters. The minimum Gasteiger partial charge on any atom is -0.394 e. The molecule has 0 saturated carbocycles. The maximum Gasteiger partial charge on any atom is 0.325 e. The number of Topliss-reactive ketones (excluding diaryl/α,β-unsaturated/α-hetero) is 1. The first kappa shape index (κ1) is 24.0. The van der Waals surface area contributed by atoms with Crippen LogP contribution in [0.4, 0.5) is 4.79 Å². The standard InChI is InChI=1S/C20H26BrN3O6/c1-12(2)20(8-17(28)22-15(10-25)11-26)18(29)24(19(30)23-20)9-16(27)7-13-3-5-14(21)6-4-13/h3-6,12,15,25-26H,7-11H2,1-2H3,(H,22,28)(H,23,30). The molecule has 0 spiro atoms. The number of aliphatic hydroxyl groups excluding tert-OH is 2. The van der Waals surface area contributed by atoms with Crippen LogP contribution in [0.3, 0.4) is 0 Å². The second-order valence-corrected chi connectivity index (χ2v) is 8.51. The van der Waals surface area contributed by atoms with Crippen molar-refractivity contribution >= 4 is 39.6 Å². The van der Waals surface area contributed by atoms with Crippen molar-refractivity contribution in [2.45, 2.75) is 38.3 Å². The monoisotopic (exact) mass is 483 g/mol. The van der Waals surface area contributed by atoms with Crippen molar-refractivity contribution < 1.29 is 29.4 Å². The first-order chi connectivity index (χ1) is 14.1. The maximum atomic E-state index is 13.1. The van der Waals surface area contributed by atoms with E-state index in [1.54, 1.807) is 38.1 Å². The lowest BCUT2D eigenvalue weighted by molar-refractivity contribution is -0.138. The molecule has 1 atom stereocenters. The molecule has 0 bridgehead atoms. The molecule has 1 aromatic carbocycles. The molecule has 1 fully saturated rings. The molecule has 0 aliphatic carbocycles. The quantitative estimate of drug-likeness (QED) is 0.355. The molecule has 9 nitrogen and oxygen atoms in total. The zero-order valence-corrected chi connectivity index (χ0v) is 18.4. The van der Waals surface area contributed by atoms with E-state index >= 15 is 0 Å².